The zero-order valence-electron chi connectivity index (χ0n) is 18.7. The van der Waals surface area contributed by atoms with Crippen LogP contribution in [0.25, 0.3) is 11.1 Å². The van der Waals surface area contributed by atoms with Gasteiger partial charge in [0.2, 0.25) is 0 Å². The van der Waals surface area contributed by atoms with E-state index >= 15 is 0 Å². The third-order valence-corrected chi connectivity index (χ3v) is 7.80. The fourth-order valence-corrected chi connectivity index (χ4v) is 6.02. The molecule has 0 aromatic heterocycles. The van der Waals surface area contributed by atoms with Crippen molar-refractivity contribution in [1.82, 2.24) is 0 Å². The number of methoxy groups -OCH3 is 1. The molecule has 4 atom stereocenters. The van der Waals surface area contributed by atoms with Gasteiger partial charge in [-0.3, -0.25) is 0 Å². The quantitative estimate of drug-likeness (QED) is 0.418. The average Bonchev–Trinajstić information content (AvgIpc) is 2.79. The topological polar surface area (TPSA) is 9.23 Å². The molecular weight excluding hydrogens is 371 g/mol. The van der Waals surface area contributed by atoms with Gasteiger partial charge in [0.15, 0.2) is 0 Å². The molecular formula is C28H37FO. The Hall–Kier alpha value is -1.83. The Bertz CT molecular complexity index is 812. The van der Waals surface area contributed by atoms with E-state index in [1.54, 1.807) is 13.2 Å². The van der Waals surface area contributed by atoms with Crippen molar-refractivity contribution in [2.45, 2.75) is 77.0 Å². The van der Waals surface area contributed by atoms with E-state index in [2.05, 4.69) is 13.0 Å². The normalized spacial score (nSPS) is 26.2. The van der Waals surface area contributed by atoms with Gasteiger partial charge in [0.1, 0.15) is 11.6 Å². The van der Waals surface area contributed by atoms with Crippen molar-refractivity contribution in [3.05, 3.63) is 53.8 Å². The van der Waals surface area contributed by atoms with Gasteiger partial charge in [-0.2, -0.15) is 0 Å². The van der Waals surface area contributed by atoms with Crippen molar-refractivity contribution in [3.8, 4) is 16.9 Å². The lowest BCUT2D eigenvalue weighted by atomic mass is 9.63. The van der Waals surface area contributed by atoms with Crippen LogP contribution < -0.4 is 4.74 Å². The van der Waals surface area contributed by atoms with E-state index in [0.717, 1.165) is 29.1 Å². The van der Waals surface area contributed by atoms with Crippen molar-refractivity contribution < 1.29 is 9.13 Å². The molecule has 2 aromatic carbocycles. The first kappa shape index (κ1) is 21.4. The molecule has 1 unspecified atom stereocenters. The van der Waals surface area contributed by atoms with Crippen LogP contribution in [0.5, 0.6) is 5.75 Å². The molecule has 1 nitrogen and oxygen atoms in total. The molecule has 2 saturated carbocycles. The van der Waals surface area contributed by atoms with Crippen LogP contribution in [-0.2, 0) is 0 Å². The first-order chi connectivity index (χ1) is 14.7. The lowest BCUT2D eigenvalue weighted by Gasteiger charge is -2.42. The van der Waals surface area contributed by atoms with E-state index < -0.39 is 0 Å². The van der Waals surface area contributed by atoms with Crippen LogP contribution in [0.15, 0.2) is 42.5 Å². The summed E-state index contributed by atoms with van der Waals surface area (Å²) in [6.07, 6.45) is 13.7. The number of benzene rings is 2. The fourth-order valence-electron chi connectivity index (χ4n) is 6.02. The van der Waals surface area contributed by atoms with Crippen molar-refractivity contribution in [1.29, 1.82) is 0 Å². The van der Waals surface area contributed by atoms with Crippen molar-refractivity contribution >= 4 is 0 Å². The predicted molar refractivity (Wildman–Crippen MR) is 123 cm³/mol. The largest absolute Gasteiger partial charge is 0.497 e. The molecule has 2 aromatic rings. The second-order valence-electron chi connectivity index (χ2n) is 9.67. The van der Waals surface area contributed by atoms with E-state index in [4.69, 9.17) is 4.74 Å². The monoisotopic (exact) mass is 408 g/mol. The van der Waals surface area contributed by atoms with E-state index in [1.165, 1.54) is 69.8 Å². The summed E-state index contributed by atoms with van der Waals surface area (Å²) in [5.41, 5.74) is 2.79. The van der Waals surface area contributed by atoms with Crippen molar-refractivity contribution in [3.63, 3.8) is 0 Å². The fraction of sp³-hybridized carbons (Fsp3) is 0.571. The number of hydrogen-bond donors (Lipinski definition) is 0. The van der Waals surface area contributed by atoms with Crippen molar-refractivity contribution in [2.75, 3.05) is 7.11 Å². The Morgan fingerprint density at radius 3 is 2.40 bits per heavy atom. The standard InChI is InChI=1S/C28H37FO/c1-3-4-5-6-20-7-8-23-18-24(10-9-22(23)17-20)25-13-16-27(28(29)19-25)21-11-14-26(30-2)15-12-21/h11-16,19-20,22-24H,3-10,17-18H2,1-2H3/t20?,22-,23-,24-/m1/s1. The van der Waals surface area contributed by atoms with Gasteiger partial charge in [-0.05, 0) is 85.1 Å². The number of ether oxygens (including phenoxy) is 1. The number of hydrogen-bond acceptors (Lipinski definition) is 1. The molecule has 0 N–H and O–H groups in total. The summed E-state index contributed by atoms with van der Waals surface area (Å²) in [4.78, 5) is 0. The minimum Gasteiger partial charge on any atom is -0.497 e. The highest BCUT2D eigenvalue weighted by Gasteiger charge is 2.35. The van der Waals surface area contributed by atoms with Crippen LogP contribution in [0.3, 0.4) is 0 Å². The summed E-state index contributed by atoms with van der Waals surface area (Å²) >= 11 is 0. The molecule has 0 saturated heterocycles. The SMILES string of the molecule is CCCCCC1CC[C@@H]2C[C@H](c3ccc(-c4ccc(OC)cc4)c(F)c3)CC[C@@H]2C1. The van der Waals surface area contributed by atoms with Crippen LogP contribution in [0, 0.1) is 23.6 Å². The molecule has 2 aliphatic carbocycles. The smallest absolute Gasteiger partial charge is 0.131 e. The molecule has 0 heterocycles. The summed E-state index contributed by atoms with van der Waals surface area (Å²) in [7, 11) is 1.65. The molecule has 30 heavy (non-hydrogen) atoms. The Balaban J connectivity index is 1.38. The van der Waals surface area contributed by atoms with Crippen LogP contribution in [0.1, 0.15) is 82.6 Å². The lowest BCUT2D eigenvalue weighted by Crippen LogP contribution is -2.30. The van der Waals surface area contributed by atoms with Gasteiger partial charge in [0.05, 0.1) is 7.11 Å². The summed E-state index contributed by atoms with van der Waals surface area (Å²) < 4.78 is 20.2. The third kappa shape index (κ3) is 4.90. The van der Waals surface area contributed by atoms with E-state index in [-0.39, 0.29) is 5.82 Å². The maximum atomic E-state index is 15.0. The molecule has 4 rings (SSSR count). The van der Waals surface area contributed by atoms with Crippen LogP contribution in [0.2, 0.25) is 0 Å². The number of unbranched alkanes of at least 4 members (excludes halogenated alkanes) is 2. The average molecular weight is 409 g/mol. The van der Waals surface area contributed by atoms with E-state index in [1.807, 2.05) is 30.3 Å². The molecule has 0 aliphatic heterocycles. The van der Waals surface area contributed by atoms with Crippen LogP contribution in [-0.4, -0.2) is 7.11 Å². The first-order valence-corrected chi connectivity index (χ1v) is 12.1. The third-order valence-electron chi connectivity index (χ3n) is 7.80. The molecule has 162 valence electrons. The van der Waals surface area contributed by atoms with Crippen LogP contribution >= 0.6 is 0 Å². The second kappa shape index (κ2) is 9.98. The van der Waals surface area contributed by atoms with Crippen LogP contribution in [0.4, 0.5) is 4.39 Å². The zero-order valence-corrected chi connectivity index (χ0v) is 18.7. The summed E-state index contributed by atoms with van der Waals surface area (Å²) in [6, 6.07) is 13.6. The highest BCUT2D eigenvalue weighted by Crippen LogP contribution is 2.48. The first-order valence-electron chi connectivity index (χ1n) is 12.1. The molecule has 0 bridgehead atoms. The predicted octanol–water partition coefficient (Wildman–Crippen LogP) is 8.38. The summed E-state index contributed by atoms with van der Waals surface area (Å²) in [5.74, 6) is 3.98. The second-order valence-corrected chi connectivity index (χ2v) is 9.67. The Labute approximate surface area is 182 Å². The van der Waals surface area contributed by atoms with E-state index in [9.17, 15) is 4.39 Å². The van der Waals surface area contributed by atoms with Gasteiger partial charge in [-0.15, -0.1) is 0 Å². The maximum Gasteiger partial charge on any atom is 0.131 e. The summed E-state index contributed by atoms with van der Waals surface area (Å²) in [6.45, 7) is 2.30. The van der Waals surface area contributed by atoms with Gasteiger partial charge in [-0.25, -0.2) is 4.39 Å². The summed E-state index contributed by atoms with van der Waals surface area (Å²) in [5, 5.41) is 0. The lowest BCUT2D eigenvalue weighted by molar-refractivity contribution is 0.113. The minimum atomic E-state index is -0.0978. The highest BCUT2D eigenvalue weighted by molar-refractivity contribution is 5.65. The van der Waals surface area contributed by atoms with Gasteiger partial charge in [-0.1, -0.05) is 63.3 Å². The Morgan fingerprint density at radius 1 is 0.900 bits per heavy atom. The Kier molecular flexibility index (Phi) is 7.12. The molecule has 0 radical (unpaired) electrons. The van der Waals surface area contributed by atoms with Crippen molar-refractivity contribution in [2.24, 2.45) is 17.8 Å². The van der Waals surface area contributed by atoms with Gasteiger partial charge in [0.25, 0.3) is 0 Å². The number of fused-ring (bicyclic) bond motifs is 1. The highest BCUT2D eigenvalue weighted by atomic mass is 19.1. The number of halogens is 1. The zero-order chi connectivity index (χ0) is 20.9. The van der Waals surface area contributed by atoms with E-state index in [0.29, 0.717) is 11.5 Å². The molecule has 2 heteroatoms. The molecule has 2 aliphatic rings. The molecule has 0 amide bonds. The van der Waals surface area contributed by atoms with Gasteiger partial charge < -0.3 is 4.74 Å². The minimum absolute atomic E-state index is 0.0978. The number of rotatable bonds is 7. The molecule has 0 spiro atoms. The molecule has 2 fully saturated rings. The van der Waals surface area contributed by atoms with Gasteiger partial charge >= 0.3 is 0 Å². The van der Waals surface area contributed by atoms with Gasteiger partial charge in [0, 0.05) is 5.56 Å². The maximum absolute atomic E-state index is 15.0. The Morgan fingerprint density at radius 2 is 1.67 bits per heavy atom.